The van der Waals surface area contributed by atoms with Crippen LogP contribution in [0.3, 0.4) is 0 Å². The normalized spacial score (nSPS) is 12.3. The Bertz CT molecular complexity index is 487. The summed E-state index contributed by atoms with van der Waals surface area (Å²) in [5.74, 6) is 0. The highest BCUT2D eigenvalue weighted by Crippen LogP contribution is 2.27. The number of aromatic amines is 1. The molecule has 2 aromatic rings. The van der Waals surface area contributed by atoms with Gasteiger partial charge in [-0.3, -0.25) is 0 Å². The molecule has 80 valence electrons. The molecule has 0 unspecified atom stereocenters. The van der Waals surface area contributed by atoms with Crippen LogP contribution in [0.5, 0.6) is 0 Å². The van der Waals surface area contributed by atoms with Crippen molar-refractivity contribution in [1.29, 1.82) is 0 Å². The molecular weight excluding hydrogens is 254 g/mol. The quantitative estimate of drug-likeness (QED) is 0.862. The fourth-order valence-corrected chi connectivity index (χ4v) is 1.93. The maximum absolute atomic E-state index is 9.30. The molecule has 0 aliphatic heterocycles. The van der Waals surface area contributed by atoms with Crippen molar-refractivity contribution < 1.29 is 5.11 Å². The van der Waals surface area contributed by atoms with Gasteiger partial charge >= 0.3 is 0 Å². The molecule has 2 nitrogen and oxygen atoms in total. The average molecular weight is 268 g/mol. The minimum atomic E-state index is -0.217. The van der Waals surface area contributed by atoms with Gasteiger partial charge < -0.3 is 10.1 Å². The van der Waals surface area contributed by atoms with Gasteiger partial charge in [-0.15, -0.1) is 0 Å². The standard InChI is InChI=1S/C12H14BrNO/c1-12(2,7-15)11-6-8-5-9(13)3-4-10(8)14-11/h3-6,14-15H,7H2,1-2H3. The van der Waals surface area contributed by atoms with Crippen LogP contribution < -0.4 is 0 Å². The highest BCUT2D eigenvalue weighted by Gasteiger charge is 2.21. The third-order valence-corrected chi connectivity index (χ3v) is 3.20. The predicted molar refractivity (Wildman–Crippen MR) is 66.1 cm³/mol. The van der Waals surface area contributed by atoms with Crippen LogP contribution in [0.15, 0.2) is 28.7 Å². The topological polar surface area (TPSA) is 36.0 Å². The maximum Gasteiger partial charge on any atom is 0.0536 e. The molecule has 0 saturated carbocycles. The van der Waals surface area contributed by atoms with Gasteiger partial charge in [0.25, 0.3) is 0 Å². The lowest BCUT2D eigenvalue weighted by Gasteiger charge is -2.19. The summed E-state index contributed by atoms with van der Waals surface area (Å²) in [6.45, 7) is 4.18. The monoisotopic (exact) mass is 267 g/mol. The summed E-state index contributed by atoms with van der Waals surface area (Å²) < 4.78 is 1.07. The molecule has 0 spiro atoms. The summed E-state index contributed by atoms with van der Waals surface area (Å²) in [6, 6.07) is 8.21. The Hall–Kier alpha value is -0.800. The zero-order valence-corrected chi connectivity index (χ0v) is 10.4. The highest BCUT2D eigenvalue weighted by molar-refractivity contribution is 9.10. The first-order valence-corrected chi connectivity index (χ1v) is 5.72. The number of benzene rings is 1. The molecule has 1 aromatic heterocycles. The summed E-state index contributed by atoms with van der Waals surface area (Å²) >= 11 is 3.45. The van der Waals surface area contributed by atoms with Gasteiger partial charge in [-0.25, -0.2) is 0 Å². The van der Waals surface area contributed by atoms with Crippen LogP contribution in [0.25, 0.3) is 10.9 Å². The van der Waals surface area contributed by atoms with Crippen LogP contribution in [-0.4, -0.2) is 16.7 Å². The number of nitrogens with one attached hydrogen (secondary N) is 1. The van der Waals surface area contributed by atoms with Crippen molar-refractivity contribution in [2.24, 2.45) is 0 Å². The number of halogens is 1. The van der Waals surface area contributed by atoms with Gasteiger partial charge in [-0.05, 0) is 24.3 Å². The molecule has 0 aliphatic rings. The Morgan fingerprint density at radius 3 is 2.73 bits per heavy atom. The molecule has 2 rings (SSSR count). The maximum atomic E-state index is 9.30. The van der Waals surface area contributed by atoms with E-state index in [4.69, 9.17) is 0 Å². The Kier molecular flexibility index (Phi) is 2.61. The van der Waals surface area contributed by atoms with Crippen LogP contribution in [0.1, 0.15) is 19.5 Å². The number of aliphatic hydroxyl groups excluding tert-OH is 1. The van der Waals surface area contributed by atoms with Gasteiger partial charge in [0.2, 0.25) is 0 Å². The van der Waals surface area contributed by atoms with E-state index in [2.05, 4.69) is 33.0 Å². The molecule has 1 heterocycles. The zero-order valence-electron chi connectivity index (χ0n) is 8.84. The van der Waals surface area contributed by atoms with E-state index in [9.17, 15) is 5.11 Å². The van der Waals surface area contributed by atoms with E-state index in [1.165, 1.54) is 5.39 Å². The second-order valence-corrected chi connectivity index (χ2v) is 5.37. The Morgan fingerprint density at radius 1 is 1.33 bits per heavy atom. The Balaban J connectivity index is 2.56. The van der Waals surface area contributed by atoms with Crippen LogP contribution in [0.4, 0.5) is 0 Å². The van der Waals surface area contributed by atoms with Gasteiger partial charge in [0, 0.05) is 26.5 Å². The second kappa shape index (κ2) is 3.65. The molecule has 0 aliphatic carbocycles. The molecular formula is C12H14BrNO. The first-order valence-electron chi connectivity index (χ1n) is 4.92. The Labute approximate surface area is 97.4 Å². The molecule has 0 radical (unpaired) electrons. The summed E-state index contributed by atoms with van der Waals surface area (Å²) in [7, 11) is 0. The lowest BCUT2D eigenvalue weighted by molar-refractivity contribution is 0.216. The largest absolute Gasteiger partial charge is 0.395 e. The third kappa shape index (κ3) is 1.94. The summed E-state index contributed by atoms with van der Waals surface area (Å²) in [5, 5.41) is 10.5. The van der Waals surface area contributed by atoms with E-state index in [1.54, 1.807) is 0 Å². The molecule has 0 bridgehead atoms. The molecule has 0 fully saturated rings. The van der Waals surface area contributed by atoms with E-state index in [1.807, 2.05) is 26.0 Å². The molecule has 3 heteroatoms. The van der Waals surface area contributed by atoms with Crippen LogP contribution in [0.2, 0.25) is 0 Å². The van der Waals surface area contributed by atoms with E-state index in [0.717, 1.165) is 15.7 Å². The van der Waals surface area contributed by atoms with Gasteiger partial charge in [0.1, 0.15) is 0 Å². The SMILES string of the molecule is CC(C)(CO)c1cc2cc(Br)ccc2[nH]1. The second-order valence-electron chi connectivity index (χ2n) is 4.46. The summed E-state index contributed by atoms with van der Waals surface area (Å²) in [5.41, 5.74) is 1.96. The minimum Gasteiger partial charge on any atom is -0.395 e. The predicted octanol–water partition coefficient (Wildman–Crippen LogP) is 3.20. The fourth-order valence-electron chi connectivity index (χ4n) is 1.55. The van der Waals surface area contributed by atoms with E-state index >= 15 is 0 Å². The van der Waals surface area contributed by atoms with Gasteiger partial charge in [0.15, 0.2) is 0 Å². The van der Waals surface area contributed by atoms with Crippen molar-refractivity contribution in [2.75, 3.05) is 6.61 Å². The van der Waals surface area contributed by atoms with Gasteiger partial charge in [0.05, 0.1) is 6.61 Å². The molecule has 0 amide bonds. The number of aliphatic hydroxyl groups is 1. The van der Waals surface area contributed by atoms with Crippen molar-refractivity contribution >= 4 is 26.8 Å². The van der Waals surface area contributed by atoms with Crippen molar-refractivity contribution in [3.05, 3.63) is 34.4 Å². The summed E-state index contributed by atoms with van der Waals surface area (Å²) in [6.07, 6.45) is 0. The molecule has 2 N–H and O–H groups in total. The van der Waals surface area contributed by atoms with Crippen molar-refractivity contribution in [3.8, 4) is 0 Å². The Morgan fingerprint density at radius 2 is 2.07 bits per heavy atom. The number of fused-ring (bicyclic) bond motifs is 1. The highest BCUT2D eigenvalue weighted by atomic mass is 79.9. The van der Waals surface area contributed by atoms with Crippen molar-refractivity contribution in [1.82, 2.24) is 4.98 Å². The average Bonchev–Trinajstić information content (AvgIpc) is 2.61. The van der Waals surface area contributed by atoms with E-state index in [0.29, 0.717) is 0 Å². The third-order valence-electron chi connectivity index (χ3n) is 2.71. The van der Waals surface area contributed by atoms with Gasteiger partial charge in [-0.1, -0.05) is 29.8 Å². The molecule has 1 aromatic carbocycles. The first kappa shape index (κ1) is 10.7. The van der Waals surface area contributed by atoms with Crippen LogP contribution >= 0.6 is 15.9 Å². The molecule has 0 saturated heterocycles. The smallest absolute Gasteiger partial charge is 0.0536 e. The summed E-state index contributed by atoms with van der Waals surface area (Å²) in [4.78, 5) is 3.33. The molecule has 0 atom stereocenters. The number of H-pyrrole nitrogens is 1. The molecule has 15 heavy (non-hydrogen) atoms. The van der Waals surface area contributed by atoms with Crippen molar-refractivity contribution in [2.45, 2.75) is 19.3 Å². The fraction of sp³-hybridized carbons (Fsp3) is 0.333. The number of rotatable bonds is 2. The van der Waals surface area contributed by atoms with Crippen LogP contribution in [0, 0.1) is 0 Å². The number of hydrogen-bond donors (Lipinski definition) is 2. The lowest BCUT2D eigenvalue weighted by Crippen LogP contribution is -2.22. The van der Waals surface area contributed by atoms with E-state index < -0.39 is 0 Å². The van der Waals surface area contributed by atoms with Gasteiger partial charge in [-0.2, -0.15) is 0 Å². The first-order chi connectivity index (χ1) is 7.03. The van der Waals surface area contributed by atoms with E-state index in [-0.39, 0.29) is 12.0 Å². The minimum absolute atomic E-state index is 0.140. The van der Waals surface area contributed by atoms with Crippen molar-refractivity contribution in [3.63, 3.8) is 0 Å². The number of hydrogen-bond acceptors (Lipinski definition) is 1. The number of aromatic nitrogens is 1. The van der Waals surface area contributed by atoms with Crippen LogP contribution in [-0.2, 0) is 5.41 Å². The lowest BCUT2D eigenvalue weighted by atomic mass is 9.91. The zero-order chi connectivity index (χ0) is 11.1.